The molecule has 0 saturated carbocycles. The van der Waals surface area contributed by atoms with E-state index >= 15 is 0 Å². The third kappa shape index (κ3) is 5.08. The molecule has 2 rings (SSSR count). The zero-order chi connectivity index (χ0) is 15.8. The van der Waals surface area contributed by atoms with Gasteiger partial charge in [0.25, 0.3) is 0 Å². The summed E-state index contributed by atoms with van der Waals surface area (Å²) in [6, 6.07) is 17.9. The molecule has 2 aromatic carbocycles. The minimum absolute atomic E-state index is 0.217. The Kier molecular flexibility index (Phi) is 6.28. The number of hydrogen-bond donors (Lipinski definition) is 1. The number of hydrogen-bond acceptors (Lipinski definition) is 3. The maximum absolute atomic E-state index is 11.5. The lowest BCUT2D eigenvalue weighted by molar-refractivity contribution is -0.143. The van der Waals surface area contributed by atoms with Crippen molar-refractivity contribution < 1.29 is 9.53 Å². The lowest BCUT2D eigenvalue weighted by Crippen LogP contribution is -2.14. The maximum Gasteiger partial charge on any atom is 0.307 e. The summed E-state index contributed by atoms with van der Waals surface area (Å²) < 4.78 is 4.94. The number of rotatable bonds is 7. The highest BCUT2D eigenvalue weighted by atomic mass is 35.5. The topological polar surface area (TPSA) is 38.3 Å². The van der Waals surface area contributed by atoms with E-state index in [9.17, 15) is 4.79 Å². The van der Waals surface area contributed by atoms with Crippen LogP contribution in [0.25, 0.3) is 0 Å². The fourth-order valence-corrected chi connectivity index (χ4v) is 2.50. The van der Waals surface area contributed by atoms with Gasteiger partial charge in [-0.1, -0.05) is 36.4 Å². The van der Waals surface area contributed by atoms with Crippen molar-refractivity contribution >= 4 is 28.9 Å². The van der Waals surface area contributed by atoms with E-state index in [0.29, 0.717) is 13.0 Å². The number of carbonyl (C=O) groups excluding carboxylic acids is 1. The summed E-state index contributed by atoms with van der Waals surface area (Å²) in [6.45, 7) is 2.18. The Balaban J connectivity index is 2.03. The van der Waals surface area contributed by atoms with Crippen LogP contribution in [0.15, 0.2) is 54.6 Å². The molecule has 3 nitrogen and oxygen atoms in total. The SMILES string of the molecule is CCOC(=O)CC(Cl)Cc1ccccc1Nc1ccccc1. The van der Waals surface area contributed by atoms with Gasteiger partial charge in [-0.25, -0.2) is 0 Å². The van der Waals surface area contributed by atoms with Gasteiger partial charge in [0, 0.05) is 16.8 Å². The van der Waals surface area contributed by atoms with Crippen LogP contribution < -0.4 is 5.32 Å². The first-order chi connectivity index (χ1) is 10.7. The van der Waals surface area contributed by atoms with Crippen molar-refractivity contribution in [1.82, 2.24) is 0 Å². The van der Waals surface area contributed by atoms with Crippen LogP contribution in [-0.4, -0.2) is 18.0 Å². The van der Waals surface area contributed by atoms with Gasteiger partial charge in [0.1, 0.15) is 0 Å². The number of halogens is 1. The molecule has 0 aliphatic carbocycles. The summed E-state index contributed by atoms with van der Waals surface area (Å²) in [7, 11) is 0. The molecule has 2 aromatic rings. The molecular formula is C18H20ClNO2. The number of nitrogens with one attached hydrogen (secondary N) is 1. The van der Waals surface area contributed by atoms with Gasteiger partial charge in [-0.2, -0.15) is 0 Å². The number of esters is 1. The Morgan fingerprint density at radius 1 is 1.14 bits per heavy atom. The van der Waals surface area contributed by atoms with Crippen molar-refractivity contribution in [1.29, 1.82) is 0 Å². The number of anilines is 2. The highest BCUT2D eigenvalue weighted by Gasteiger charge is 2.14. The van der Waals surface area contributed by atoms with Gasteiger partial charge in [0.15, 0.2) is 0 Å². The molecule has 0 fully saturated rings. The summed E-state index contributed by atoms with van der Waals surface area (Å²) in [5.74, 6) is -0.254. The van der Waals surface area contributed by atoms with Crippen LogP contribution in [0.1, 0.15) is 18.9 Å². The van der Waals surface area contributed by atoms with Crippen molar-refractivity contribution in [2.24, 2.45) is 0 Å². The van der Waals surface area contributed by atoms with E-state index in [1.165, 1.54) is 0 Å². The molecule has 0 radical (unpaired) electrons. The van der Waals surface area contributed by atoms with Crippen molar-refractivity contribution in [2.45, 2.75) is 25.1 Å². The Morgan fingerprint density at radius 3 is 2.55 bits per heavy atom. The van der Waals surface area contributed by atoms with Gasteiger partial charge < -0.3 is 10.1 Å². The summed E-state index contributed by atoms with van der Waals surface area (Å²) >= 11 is 6.29. The van der Waals surface area contributed by atoms with Crippen LogP contribution >= 0.6 is 11.6 Å². The van der Waals surface area contributed by atoms with Crippen LogP contribution in [0, 0.1) is 0 Å². The molecule has 22 heavy (non-hydrogen) atoms. The minimum atomic E-state index is -0.280. The smallest absolute Gasteiger partial charge is 0.307 e. The molecule has 4 heteroatoms. The quantitative estimate of drug-likeness (QED) is 0.602. The largest absolute Gasteiger partial charge is 0.466 e. The van der Waals surface area contributed by atoms with E-state index in [4.69, 9.17) is 16.3 Å². The second-order valence-corrected chi connectivity index (χ2v) is 5.58. The molecular weight excluding hydrogens is 298 g/mol. The average molecular weight is 318 g/mol. The molecule has 0 bridgehead atoms. The summed E-state index contributed by atoms with van der Waals surface area (Å²) in [5, 5.41) is 3.10. The van der Waals surface area contributed by atoms with E-state index < -0.39 is 0 Å². The second kappa shape index (κ2) is 8.44. The lowest BCUT2D eigenvalue weighted by atomic mass is 10.1. The van der Waals surface area contributed by atoms with E-state index in [1.54, 1.807) is 6.92 Å². The van der Waals surface area contributed by atoms with Gasteiger partial charge in [0.05, 0.1) is 13.0 Å². The molecule has 0 aliphatic heterocycles. The normalized spacial score (nSPS) is 11.7. The molecule has 0 amide bonds. The Labute approximate surface area is 136 Å². The number of carbonyl (C=O) groups is 1. The first-order valence-electron chi connectivity index (χ1n) is 7.38. The predicted octanol–water partition coefficient (Wildman–Crippen LogP) is 4.53. The number of ether oxygens (including phenoxy) is 1. The summed E-state index contributed by atoms with van der Waals surface area (Å²) in [5.41, 5.74) is 3.10. The molecule has 1 N–H and O–H groups in total. The van der Waals surface area contributed by atoms with Gasteiger partial charge in [0.2, 0.25) is 0 Å². The first-order valence-corrected chi connectivity index (χ1v) is 7.82. The first kappa shape index (κ1) is 16.4. The van der Waals surface area contributed by atoms with E-state index in [2.05, 4.69) is 5.32 Å². The Hall–Kier alpha value is -2.00. The lowest BCUT2D eigenvalue weighted by Gasteiger charge is -2.14. The summed E-state index contributed by atoms with van der Waals surface area (Å²) in [6.07, 6.45) is 0.825. The maximum atomic E-state index is 11.5. The Bertz CT molecular complexity index is 601. The third-order valence-electron chi connectivity index (χ3n) is 3.21. The van der Waals surface area contributed by atoms with Crippen LogP contribution in [0.4, 0.5) is 11.4 Å². The molecule has 0 aromatic heterocycles. The van der Waals surface area contributed by atoms with Crippen LogP contribution in [0.3, 0.4) is 0 Å². The van der Waals surface area contributed by atoms with Crippen molar-refractivity contribution in [3.63, 3.8) is 0 Å². The minimum Gasteiger partial charge on any atom is -0.466 e. The van der Waals surface area contributed by atoms with Crippen molar-refractivity contribution in [2.75, 3.05) is 11.9 Å². The zero-order valence-corrected chi connectivity index (χ0v) is 13.3. The van der Waals surface area contributed by atoms with Crippen LogP contribution in [0.2, 0.25) is 0 Å². The van der Waals surface area contributed by atoms with E-state index in [0.717, 1.165) is 16.9 Å². The number of para-hydroxylation sites is 2. The van der Waals surface area contributed by atoms with Gasteiger partial charge in [-0.15, -0.1) is 11.6 Å². The molecule has 0 heterocycles. The number of benzene rings is 2. The fraction of sp³-hybridized carbons (Fsp3) is 0.278. The van der Waals surface area contributed by atoms with Gasteiger partial charge in [-0.05, 0) is 37.1 Å². The molecule has 1 unspecified atom stereocenters. The highest BCUT2D eigenvalue weighted by molar-refractivity contribution is 6.21. The highest BCUT2D eigenvalue weighted by Crippen LogP contribution is 2.23. The summed E-state index contributed by atoms with van der Waals surface area (Å²) in [4.78, 5) is 11.5. The van der Waals surface area contributed by atoms with Crippen molar-refractivity contribution in [3.8, 4) is 0 Å². The van der Waals surface area contributed by atoms with Gasteiger partial charge in [-0.3, -0.25) is 4.79 Å². The van der Waals surface area contributed by atoms with Gasteiger partial charge >= 0.3 is 5.97 Å². The average Bonchev–Trinajstić information content (AvgIpc) is 2.50. The van der Waals surface area contributed by atoms with E-state index in [1.807, 2.05) is 54.6 Å². The van der Waals surface area contributed by atoms with Crippen LogP contribution in [-0.2, 0) is 16.0 Å². The molecule has 116 valence electrons. The van der Waals surface area contributed by atoms with Crippen LogP contribution in [0.5, 0.6) is 0 Å². The zero-order valence-electron chi connectivity index (χ0n) is 12.6. The molecule has 1 atom stereocenters. The predicted molar refractivity (Wildman–Crippen MR) is 90.8 cm³/mol. The van der Waals surface area contributed by atoms with E-state index in [-0.39, 0.29) is 17.8 Å². The fourth-order valence-electron chi connectivity index (χ4n) is 2.21. The molecule has 0 aliphatic rings. The third-order valence-corrected chi connectivity index (χ3v) is 3.51. The molecule has 0 spiro atoms. The standard InChI is InChI=1S/C18H20ClNO2/c1-2-22-18(21)13-15(19)12-14-8-6-7-11-17(14)20-16-9-4-3-5-10-16/h3-11,15,20H,2,12-13H2,1H3. The Morgan fingerprint density at radius 2 is 1.82 bits per heavy atom. The molecule has 0 saturated heterocycles. The van der Waals surface area contributed by atoms with Crippen molar-refractivity contribution in [3.05, 3.63) is 60.2 Å². The second-order valence-electron chi connectivity index (χ2n) is 4.96. The number of alkyl halides is 1. The monoisotopic (exact) mass is 317 g/mol.